The maximum Gasteiger partial charge on any atom is 0.147 e. The Balaban J connectivity index is 1.74. The Morgan fingerprint density at radius 1 is 0.897 bits per heavy atom. The van der Waals surface area contributed by atoms with Gasteiger partial charge in [-0.3, -0.25) is 0 Å². The van der Waals surface area contributed by atoms with Crippen molar-refractivity contribution in [3.63, 3.8) is 0 Å². The molecular formula is C25H20ClNO2. The summed E-state index contributed by atoms with van der Waals surface area (Å²) in [6.45, 7) is 0.382. The maximum atomic E-state index is 12.1. The van der Waals surface area contributed by atoms with Gasteiger partial charge in [0.25, 0.3) is 0 Å². The fourth-order valence-corrected chi connectivity index (χ4v) is 3.64. The number of halogens is 1. The first-order valence-corrected chi connectivity index (χ1v) is 9.78. The highest BCUT2D eigenvalue weighted by atomic mass is 35.5. The largest absolute Gasteiger partial charge is 0.489 e. The summed E-state index contributed by atoms with van der Waals surface area (Å²) in [7, 11) is 0. The van der Waals surface area contributed by atoms with Crippen LogP contribution in [0.2, 0.25) is 5.02 Å². The fourth-order valence-electron chi connectivity index (χ4n) is 3.40. The molecule has 0 aromatic heterocycles. The van der Waals surface area contributed by atoms with Crippen molar-refractivity contribution in [2.24, 2.45) is 0 Å². The van der Waals surface area contributed by atoms with Gasteiger partial charge in [-0.25, -0.2) is 0 Å². The van der Waals surface area contributed by atoms with E-state index in [9.17, 15) is 4.79 Å². The molecule has 4 heteroatoms. The van der Waals surface area contributed by atoms with Crippen molar-refractivity contribution in [1.29, 1.82) is 0 Å². The van der Waals surface area contributed by atoms with Gasteiger partial charge in [-0.15, -0.1) is 0 Å². The second-order valence-electron chi connectivity index (χ2n) is 6.71. The summed E-state index contributed by atoms with van der Waals surface area (Å²) in [5.74, 6) is 0.796. The quantitative estimate of drug-likeness (QED) is 0.491. The third-order valence-electron chi connectivity index (χ3n) is 4.78. The van der Waals surface area contributed by atoms with E-state index in [1.807, 2.05) is 102 Å². The minimum absolute atomic E-state index is 0.382. The first kappa shape index (κ1) is 19.0. The number of para-hydroxylation sites is 2. The molecule has 0 radical (unpaired) electrons. The van der Waals surface area contributed by atoms with Gasteiger partial charge in [-0.1, -0.05) is 66.2 Å². The van der Waals surface area contributed by atoms with Crippen molar-refractivity contribution in [3.8, 4) is 5.75 Å². The van der Waals surface area contributed by atoms with Gasteiger partial charge < -0.3 is 14.4 Å². The lowest BCUT2D eigenvalue weighted by atomic mass is 9.93. The van der Waals surface area contributed by atoms with E-state index < -0.39 is 6.04 Å². The van der Waals surface area contributed by atoms with E-state index in [2.05, 4.69) is 0 Å². The van der Waals surface area contributed by atoms with Gasteiger partial charge in [-0.05, 0) is 47.5 Å². The van der Waals surface area contributed by atoms with Crippen molar-refractivity contribution in [2.75, 3.05) is 11.5 Å². The average Bonchev–Trinajstić information content (AvgIpc) is 2.78. The van der Waals surface area contributed by atoms with E-state index >= 15 is 0 Å². The normalized spacial score (nSPS) is 16.0. The van der Waals surface area contributed by atoms with Crippen molar-refractivity contribution >= 4 is 29.1 Å². The zero-order valence-electron chi connectivity index (χ0n) is 15.7. The highest BCUT2D eigenvalue weighted by Crippen LogP contribution is 2.34. The molecule has 0 saturated heterocycles. The van der Waals surface area contributed by atoms with E-state index in [0.29, 0.717) is 11.6 Å². The Morgan fingerprint density at radius 3 is 2.24 bits per heavy atom. The van der Waals surface area contributed by atoms with Gasteiger partial charge in [0.15, 0.2) is 0 Å². The third kappa shape index (κ3) is 4.25. The molecular weight excluding hydrogens is 382 g/mol. The van der Waals surface area contributed by atoms with Crippen molar-refractivity contribution in [2.45, 2.75) is 6.04 Å². The van der Waals surface area contributed by atoms with Gasteiger partial charge in [-0.2, -0.15) is 0 Å². The second kappa shape index (κ2) is 8.80. The SMILES string of the molecule is O=CC1C(c2ccccc2Cl)=CC(COc2ccccc2)=CN1c1ccccc1. The predicted molar refractivity (Wildman–Crippen MR) is 118 cm³/mol. The molecule has 1 heterocycles. The molecule has 0 spiro atoms. The molecule has 0 fully saturated rings. The van der Waals surface area contributed by atoms with Crippen LogP contribution in [0.1, 0.15) is 5.56 Å². The number of hydrogen-bond acceptors (Lipinski definition) is 3. The standard InChI is InChI=1S/C25H20ClNO2/c26-24-14-8-7-13-22(24)23-15-19(18-29-21-11-5-2-6-12-21)16-27(25(23)17-28)20-9-3-1-4-10-20/h1-17,25H,18H2. The lowest BCUT2D eigenvalue weighted by molar-refractivity contribution is -0.107. The number of carbonyl (C=O) groups excluding carboxylic acids is 1. The predicted octanol–water partition coefficient (Wildman–Crippen LogP) is 5.77. The summed E-state index contributed by atoms with van der Waals surface area (Å²) in [5, 5.41) is 0.615. The number of nitrogens with zero attached hydrogens (tertiary/aromatic N) is 1. The van der Waals surface area contributed by atoms with Crippen LogP contribution >= 0.6 is 11.6 Å². The van der Waals surface area contributed by atoms with E-state index in [4.69, 9.17) is 16.3 Å². The molecule has 0 amide bonds. The van der Waals surface area contributed by atoms with Crippen LogP contribution in [-0.4, -0.2) is 18.9 Å². The molecule has 1 aliphatic heterocycles. The van der Waals surface area contributed by atoms with E-state index in [1.165, 1.54) is 0 Å². The smallest absolute Gasteiger partial charge is 0.147 e. The minimum Gasteiger partial charge on any atom is -0.489 e. The summed E-state index contributed by atoms with van der Waals surface area (Å²) in [6.07, 6.45) is 4.92. The minimum atomic E-state index is -0.474. The van der Waals surface area contributed by atoms with Crippen LogP contribution in [0.5, 0.6) is 5.75 Å². The first-order chi connectivity index (χ1) is 14.3. The lowest BCUT2D eigenvalue weighted by Gasteiger charge is -2.33. The van der Waals surface area contributed by atoms with Crippen LogP contribution in [0.15, 0.2) is 103 Å². The monoisotopic (exact) mass is 401 g/mol. The summed E-state index contributed by atoms with van der Waals surface area (Å²) >= 11 is 6.47. The molecule has 0 N–H and O–H groups in total. The number of hydrogen-bond donors (Lipinski definition) is 0. The Labute approximate surface area is 175 Å². The zero-order chi connectivity index (χ0) is 20.1. The van der Waals surface area contributed by atoms with Gasteiger partial charge in [0.05, 0.1) is 0 Å². The van der Waals surface area contributed by atoms with Gasteiger partial charge in [0, 0.05) is 22.5 Å². The molecule has 3 aromatic carbocycles. The van der Waals surface area contributed by atoms with Crippen molar-refractivity contribution in [3.05, 3.63) is 113 Å². The molecule has 0 aliphatic carbocycles. The molecule has 144 valence electrons. The number of benzene rings is 3. The van der Waals surface area contributed by atoms with Crippen LogP contribution < -0.4 is 9.64 Å². The number of carbonyl (C=O) groups is 1. The number of aldehydes is 1. The summed E-state index contributed by atoms with van der Waals surface area (Å²) in [6, 6.07) is 26.6. The number of anilines is 1. The molecule has 3 nitrogen and oxygen atoms in total. The molecule has 0 bridgehead atoms. The van der Waals surface area contributed by atoms with Crippen molar-refractivity contribution in [1.82, 2.24) is 0 Å². The summed E-state index contributed by atoms with van der Waals surface area (Å²) in [5.41, 5.74) is 3.58. The molecule has 1 atom stereocenters. The molecule has 4 rings (SSSR count). The molecule has 3 aromatic rings. The van der Waals surface area contributed by atoms with Crippen LogP contribution in [0.4, 0.5) is 5.69 Å². The van der Waals surface area contributed by atoms with Gasteiger partial charge in [0.1, 0.15) is 24.7 Å². The molecule has 0 saturated carbocycles. The Bertz CT molecular complexity index is 1040. The third-order valence-corrected chi connectivity index (χ3v) is 5.11. The van der Waals surface area contributed by atoms with E-state index in [-0.39, 0.29) is 0 Å². The lowest BCUT2D eigenvalue weighted by Crippen LogP contribution is -2.36. The number of ether oxygens (including phenoxy) is 1. The average molecular weight is 402 g/mol. The van der Waals surface area contributed by atoms with Crippen molar-refractivity contribution < 1.29 is 9.53 Å². The zero-order valence-corrected chi connectivity index (χ0v) is 16.5. The summed E-state index contributed by atoms with van der Waals surface area (Å²) < 4.78 is 5.95. The molecule has 1 aliphatic rings. The molecule has 1 unspecified atom stereocenters. The summed E-state index contributed by atoms with van der Waals surface area (Å²) in [4.78, 5) is 14.1. The second-order valence-corrected chi connectivity index (χ2v) is 7.12. The van der Waals surface area contributed by atoms with Gasteiger partial charge >= 0.3 is 0 Å². The van der Waals surface area contributed by atoms with E-state index in [0.717, 1.165) is 34.4 Å². The maximum absolute atomic E-state index is 12.1. The van der Waals surface area contributed by atoms with Crippen LogP contribution in [0.3, 0.4) is 0 Å². The van der Waals surface area contributed by atoms with E-state index in [1.54, 1.807) is 0 Å². The fraction of sp³-hybridized carbons (Fsp3) is 0.0800. The number of rotatable bonds is 6. The topological polar surface area (TPSA) is 29.5 Å². The Kier molecular flexibility index (Phi) is 5.78. The highest BCUT2D eigenvalue weighted by Gasteiger charge is 2.27. The van der Waals surface area contributed by atoms with Crippen LogP contribution in [-0.2, 0) is 4.79 Å². The first-order valence-electron chi connectivity index (χ1n) is 9.40. The Morgan fingerprint density at radius 2 is 1.55 bits per heavy atom. The Hall–Kier alpha value is -3.30. The van der Waals surface area contributed by atoms with Crippen LogP contribution in [0.25, 0.3) is 5.57 Å². The van der Waals surface area contributed by atoms with Gasteiger partial charge in [0.2, 0.25) is 0 Å². The highest BCUT2D eigenvalue weighted by molar-refractivity contribution is 6.32. The molecule has 29 heavy (non-hydrogen) atoms. The van der Waals surface area contributed by atoms with Crippen LogP contribution in [0, 0.1) is 0 Å².